The fraction of sp³-hybridized carbons (Fsp3) is 0.284. The number of fused-ring (bicyclic) bond motifs is 18. The molecule has 18 rings (SSSR count). The molecule has 115 heavy (non-hydrogen) atoms. The molecule has 6 nitrogen and oxygen atoms in total. The van der Waals surface area contributed by atoms with Gasteiger partial charge < -0.3 is 0 Å². The van der Waals surface area contributed by atoms with Gasteiger partial charge in [-0.25, -0.2) is 0 Å². The van der Waals surface area contributed by atoms with Gasteiger partial charge in [0.1, 0.15) is 0 Å². The lowest BCUT2D eigenvalue weighted by Gasteiger charge is -2.07. The Morgan fingerprint density at radius 2 is 0.513 bits per heavy atom. The number of hydrogen-bond donors (Lipinski definition) is 0. The maximum absolute atomic E-state index is 4.60. The molecule has 0 N–H and O–H groups in total. The minimum absolute atomic E-state index is 0.833. The number of aryl methyl sites for hydroxylation is 7. The highest BCUT2D eigenvalue weighted by atomic mass is 14.7. The average molecular weight is 1520 g/mol. The van der Waals surface area contributed by atoms with Gasteiger partial charge in [-0.15, -0.1) is 0 Å². The first-order valence-electron chi connectivity index (χ1n) is 41.4. The van der Waals surface area contributed by atoms with E-state index in [9.17, 15) is 0 Å². The van der Waals surface area contributed by atoms with Crippen molar-refractivity contribution in [1.29, 1.82) is 0 Å². The second-order valence-corrected chi connectivity index (χ2v) is 33.7. The molecule has 0 aliphatic carbocycles. The van der Waals surface area contributed by atoms with Gasteiger partial charge in [0, 0.05) is 102 Å². The predicted molar refractivity (Wildman–Crippen MR) is 512 cm³/mol. The van der Waals surface area contributed by atoms with Crippen molar-refractivity contribution >= 4 is 129 Å². The van der Waals surface area contributed by atoms with Gasteiger partial charge >= 0.3 is 0 Å². The molecule has 0 aliphatic rings. The highest BCUT2D eigenvalue weighted by Gasteiger charge is 2.08. The van der Waals surface area contributed by atoms with Gasteiger partial charge in [0.15, 0.2) is 0 Å². The molecule has 0 fully saturated rings. The first-order chi connectivity index (χ1) is 54.9. The molecule has 0 unspecified atom stereocenters. The fourth-order valence-electron chi connectivity index (χ4n) is 12.6. The van der Waals surface area contributed by atoms with Crippen molar-refractivity contribution in [2.75, 3.05) is 0 Å². The molecule has 18 aromatic rings. The Kier molecular flexibility index (Phi) is 36.0. The van der Waals surface area contributed by atoms with Crippen molar-refractivity contribution in [2.45, 2.75) is 173 Å². The summed E-state index contributed by atoms with van der Waals surface area (Å²) < 4.78 is 0. The topological polar surface area (TPSA) is 77.3 Å². The van der Waals surface area contributed by atoms with E-state index < -0.39 is 0 Å². The van der Waals surface area contributed by atoms with Crippen molar-refractivity contribution in [2.24, 2.45) is 35.5 Å². The van der Waals surface area contributed by atoms with E-state index in [1.54, 1.807) is 0 Å². The minimum Gasteiger partial charge on any atom is -0.261 e. The molecule has 0 radical (unpaired) electrons. The van der Waals surface area contributed by atoms with Crippen LogP contribution in [0.3, 0.4) is 0 Å². The Labute approximate surface area is 689 Å². The molecular formula is C109H128N6. The van der Waals surface area contributed by atoms with Crippen molar-refractivity contribution in [3.8, 4) is 0 Å². The quantitative estimate of drug-likeness (QED) is 0.141. The van der Waals surface area contributed by atoms with E-state index in [1.807, 2.05) is 52.5 Å². The minimum atomic E-state index is 0.833. The second kappa shape index (κ2) is 45.5. The molecule has 0 saturated heterocycles. The number of benzene rings is 12. The predicted octanol–water partition coefficient (Wildman–Crippen LogP) is 32.5. The summed E-state index contributed by atoms with van der Waals surface area (Å²) in [5.74, 6) is 5.00. The SMILES string of the molecule is CC(C)C.CC(C)C.CC(C)C.CC(C)C.CC(C)C.CC(C)C.Cc1cc2c(ccc3ccccc32)cn1.Cc1cc2ccc3ccccc3c2c(C)n1.Cc1cc2ccc3ccccc3c2cn1.Cc1ccc2ccc3ccccc3c2n1.Cc1nccc2c1ccc1ccccc12.Cc1nccc2ccc3ccccc3c12. The molecule has 6 heteroatoms. The number of rotatable bonds is 0. The smallest absolute Gasteiger partial charge is 0.0783 e. The Morgan fingerprint density at radius 1 is 0.183 bits per heavy atom. The first-order valence-corrected chi connectivity index (χ1v) is 41.4. The Balaban J connectivity index is 0.000000181. The third-order valence-electron chi connectivity index (χ3n) is 17.0. The lowest BCUT2D eigenvalue weighted by Crippen LogP contribution is -1.89. The molecule has 12 aromatic carbocycles. The summed E-state index contributed by atoms with van der Waals surface area (Å²) in [5.41, 5.74) is 8.71. The van der Waals surface area contributed by atoms with E-state index in [4.69, 9.17) is 0 Å². The summed E-state index contributed by atoms with van der Waals surface area (Å²) in [5, 5.41) is 29.2. The third kappa shape index (κ3) is 28.3. The molecule has 594 valence electrons. The molecule has 0 amide bonds. The van der Waals surface area contributed by atoms with Crippen LogP contribution < -0.4 is 0 Å². The zero-order valence-corrected chi connectivity index (χ0v) is 73.8. The molecule has 0 atom stereocenters. The Bertz CT molecular complexity index is 5810. The number of hydrogen-bond acceptors (Lipinski definition) is 6. The van der Waals surface area contributed by atoms with Crippen LogP contribution in [-0.4, -0.2) is 29.9 Å². The monoisotopic (exact) mass is 1520 g/mol. The maximum Gasteiger partial charge on any atom is 0.0783 e. The summed E-state index contributed by atoms with van der Waals surface area (Å²) in [6.07, 6.45) is 7.65. The number of aromatic nitrogens is 6. The summed E-state index contributed by atoms with van der Waals surface area (Å²) >= 11 is 0. The van der Waals surface area contributed by atoms with Crippen LogP contribution in [0, 0.1) is 84.0 Å². The van der Waals surface area contributed by atoms with Crippen LogP contribution >= 0.6 is 0 Å². The molecule has 0 spiro atoms. The molecule has 0 aliphatic heterocycles. The molecule has 0 bridgehead atoms. The standard InChI is InChI=1S/C15H13N.5C14H11N.6C4H10/c1-10-9-13-8-7-12-5-3-4-6-14(12)15(13)11(2)16-10;1-10-8-14-12(9-15-10)7-6-11-4-2-3-5-13(11)14;1-10-8-12-7-6-11-4-2-3-5-13(11)14(12)9-15-10;1-10-12-7-6-11-4-2-3-5-13(11)14(12)8-9-15-10;1-10-14-12(8-9-15-10)7-6-11-4-2-3-5-13(11)14;1-10-6-7-12-9-8-11-4-2-3-5-13(11)14(12)15-10;6*1-4(2)3/h3-9H,1-2H3;5*2-9H,1H3;6*4H,1-3H3. The van der Waals surface area contributed by atoms with Gasteiger partial charge in [-0.1, -0.05) is 349 Å². The van der Waals surface area contributed by atoms with E-state index in [-0.39, 0.29) is 0 Å². The first kappa shape index (κ1) is 90.8. The summed E-state index contributed by atoms with van der Waals surface area (Å²) in [6.45, 7) is 53.3. The molecule has 6 aromatic heterocycles. The summed E-state index contributed by atoms with van der Waals surface area (Å²) in [7, 11) is 0. The van der Waals surface area contributed by atoms with E-state index in [0.717, 1.165) is 80.9 Å². The van der Waals surface area contributed by atoms with E-state index in [0.29, 0.717) is 0 Å². The van der Waals surface area contributed by atoms with Crippen molar-refractivity contribution in [3.05, 3.63) is 325 Å². The van der Waals surface area contributed by atoms with Crippen LogP contribution in [0.1, 0.15) is 164 Å². The zero-order valence-electron chi connectivity index (χ0n) is 73.8. The highest BCUT2D eigenvalue weighted by molar-refractivity contribution is 6.12. The van der Waals surface area contributed by atoms with Crippen LogP contribution in [-0.2, 0) is 0 Å². The molecular weight excluding hydrogens is 1390 g/mol. The second-order valence-electron chi connectivity index (χ2n) is 33.7. The van der Waals surface area contributed by atoms with Gasteiger partial charge in [-0.05, 0) is 207 Å². The van der Waals surface area contributed by atoms with Gasteiger partial charge in [0.2, 0.25) is 0 Å². The number of nitrogens with zero attached hydrogens (tertiary/aromatic N) is 6. The lowest BCUT2D eigenvalue weighted by molar-refractivity contribution is 0.736. The third-order valence-corrected chi connectivity index (χ3v) is 17.0. The molecule has 0 saturated carbocycles. The largest absolute Gasteiger partial charge is 0.261 e. The van der Waals surface area contributed by atoms with Crippen molar-refractivity contribution in [3.63, 3.8) is 0 Å². The van der Waals surface area contributed by atoms with Crippen LogP contribution in [0.2, 0.25) is 0 Å². The lowest BCUT2D eigenvalue weighted by atomic mass is 10.0. The van der Waals surface area contributed by atoms with Gasteiger partial charge in [0.05, 0.1) is 5.52 Å². The van der Waals surface area contributed by atoms with Crippen LogP contribution in [0.4, 0.5) is 0 Å². The van der Waals surface area contributed by atoms with Crippen LogP contribution in [0.25, 0.3) is 129 Å². The van der Waals surface area contributed by atoms with Gasteiger partial charge in [-0.3, -0.25) is 29.9 Å². The molecule has 6 heterocycles. The fourth-order valence-corrected chi connectivity index (χ4v) is 12.6. The van der Waals surface area contributed by atoms with Crippen LogP contribution in [0.15, 0.2) is 286 Å². The Hall–Kier alpha value is -11.3. The highest BCUT2D eigenvalue weighted by Crippen LogP contribution is 2.32. The summed E-state index contributed by atoms with van der Waals surface area (Å²) in [6, 6.07) is 91.3. The van der Waals surface area contributed by atoms with E-state index >= 15 is 0 Å². The van der Waals surface area contributed by atoms with Crippen LogP contribution in [0.5, 0.6) is 0 Å². The zero-order chi connectivity index (χ0) is 83.8. The number of pyridine rings is 6. The normalized spacial score (nSPS) is 10.6. The van der Waals surface area contributed by atoms with Crippen molar-refractivity contribution < 1.29 is 0 Å². The van der Waals surface area contributed by atoms with Gasteiger partial charge in [0.25, 0.3) is 0 Å². The average Bonchev–Trinajstić information content (AvgIpc) is 0.750. The maximum atomic E-state index is 4.60. The van der Waals surface area contributed by atoms with E-state index in [1.165, 1.54) is 124 Å². The summed E-state index contributed by atoms with van der Waals surface area (Å²) in [4.78, 5) is 26.5. The van der Waals surface area contributed by atoms with E-state index in [2.05, 4.69) is 436 Å². The van der Waals surface area contributed by atoms with Gasteiger partial charge in [-0.2, -0.15) is 0 Å². The van der Waals surface area contributed by atoms with Crippen molar-refractivity contribution in [1.82, 2.24) is 29.9 Å². The Morgan fingerprint density at radius 3 is 1.02 bits per heavy atom.